The number of carboxylic acids is 1. The quantitative estimate of drug-likeness (QED) is 0.744. The van der Waals surface area contributed by atoms with Crippen LogP contribution in [0.5, 0.6) is 0 Å². The lowest BCUT2D eigenvalue weighted by Crippen LogP contribution is -2.55. The molecule has 23 heavy (non-hydrogen) atoms. The molecule has 1 aromatic rings. The van der Waals surface area contributed by atoms with Crippen LogP contribution in [0.1, 0.15) is 25.3 Å². The minimum absolute atomic E-state index is 0.0457. The number of carbonyl (C=O) groups is 2. The topological polar surface area (TPSA) is 81.7 Å². The Morgan fingerprint density at radius 2 is 2.09 bits per heavy atom. The molecule has 0 aliphatic heterocycles. The average molecular weight is 340 g/mol. The molecule has 1 saturated carbocycles. The van der Waals surface area contributed by atoms with Gasteiger partial charge in [-0.15, -0.1) is 0 Å². The predicted octanol–water partition coefficient (Wildman–Crippen LogP) is 2.71. The van der Waals surface area contributed by atoms with Gasteiger partial charge in [0.2, 0.25) is 0 Å². The van der Waals surface area contributed by atoms with Gasteiger partial charge in [0.1, 0.15) is 0 Å². The first kappa shape index (κ1) is 17.6. The van der Waals surface area contributed by atoms with Gasteiger partial charge < -0.3 is 15.7 Å². The van der Waals surface area contributed by atoms with Gasteiger partial charge in [0, 0.05) is 22.8 Å². The van der Waals surface area contributed by atoms with Crippen LogP contribution >= 0.6 is 11.6 Å². The second kappa shape index (κ2) is 7.66. The SMILES string of the molecule is CCN(CC(=O)O)C1CC(NC(=O)Nc2ccc(Cl)cc2C)C1. The fraction of sp³-hybridized carbons (Fsp3) is 0.500. The molecule has 2 amide bonds. The second-order valence-electron chi connectivity index (χ2n) is 5.84. The number of urea groups is 1. The molecule has 3 N–H and O–H groups in total. The Kier molecular flexibility index (Phi) is 5.85. The Hall–Kier alpha value is -1.79. The van der Waals surface area contributed by atoms with Crippen molar-refractivity contribution in [3.05, 3.63) is 28.8 Å². The molecular formula is C16H22ClN3O3. The molecule has 6 nitrogen and oxygen atoms in total. The Balaban J connectivity index is 1.78. The zero-order valence-corrected chi connectivity index (χ0v) is 14.1. The number of nitrogens with zero attached hydrogens (tertiary/aromatic N) is 1. The molecule has 1 aliphatic rings. The van der Waals surface area contributed by atoms with E-state index in [9.17, 15) is 9.59 Å². The smallest absolute Gasteiger partial charge is 0.319 e. The summed E-state index contributed by atoms with van der Waals surface area (Å²) in [5.74, 6) is -0.820. The number of aryl methyl sites for hydroxylation is 1. The summed E-state index contributed by atoms with van der Waals surface area (Å²) >= 11 is 5.89. The van der Waals surface area contributed by atoms with Crippen molar-refractivity contribution in [2.24, 2.45) is 0 Å². The van der Waals surface area contributed by atoms with Crippen molar-refractivity contribution in [1.29, 1.82) is 0 Å². The van der Waals surface area contributed by atoms with E-state index in [0.717, 1.165) is 24.1 Å². The summed E-state index contributed by atoms with van der Waals surface area (Å²) < 4.78 is 0. The number of nitrogens with one attached hydrogen (secondary N) is 2. The molecule has 0 radical (unpaired) electrons. The normalized spacial score (nSPS) is 20.0. The third kappa shape index (κ3) is 4.84. The van der Waals surface area contributed by atoms with Crippen molar-refractivity contribution >= 4 is 29.3 Å². The van der Waals surface area contributed by atoms with Crippen molar-refractivity contribution in [1.82, 2.24) is 10.2 Å². The Morgan fingerprint density at radius 1 is 1.39 bits per heavy atom. The zero-order valence-electron chi connectivity index (χ0n) is 13.3. The highest BCUT2D eigenvalue weighted by Crippen LogP contribution is 2.26. The summed E-state index contributed by atoms with van der Waals surface area (Å²) in [5.41, 5.74) is 1.63. The highest BCUT2D eigenvalue weighted by molar-refractivity contribution is 6.30. The molecule has 0 heterocycles. The second-order valence-corrected chi connectivity index (χ2v) is 6.27. The van der Waals surface area contributed by atoms with Crippen LogP contribution in [-0.2, 0) is 4.79 Å². The lowest BCUT2D eigenvalue weighted by Gasteiger charge is -2.42. The first-order chi connectivity index (χ1) is 10.9. The van der Waals surface area contributed by atoms with Gasteiger partial charge in [0.25, 0.3) is 0 Å². The van der Waals surface area contributed by atoms with Crippen LogP contribution in [-0.4, -0.2) is 47.2 Å². The van der Waals surface area contributed by atoms with Gasteiger partial charge >= 0.3 is 12.0 Å². The lowest BCUT2D eigenvalue weighted by atomic mass is 9.85. The van der Waals surface area contributed by atoms with E-state index < -0.39 is 5.97 Å². The van der Waals surface area contributed by atoms with E-state index in [4.69, 9.17) is 16.7 Å². The molecule has 7 heteroatoms. The van der Waals surface area contributed by atoms with Gasteiger partial charge in [0.05, 0.1) is 6.54 Å². The molecule has 1 fully saturated rings. The minimum Gasteiger partial charge on any atom is -0.480 e. The number of carbonyl (C=O) groups excluding carboxylic acids is 1. The first-order valence-corrected chi connectivity index (χ1v) is 8.06. The Labute approximate surface area is 140 Å². The standard InChI is InChI=1S/C16H22ClN3O3/c1-3-20(9-15(21)22)13-7-12(8-13)18-16(23)19-14-5-4-11(17)6-10(14)2/h4-6,12-13H,3,7-9H2,1-2H3,(H,21,22)(H2,18,19,23). The van der Waals surface area contributed by atoms with E-state index in [-0.39, 0.29) is 24.7 Å². The summed E-state index contributed by atoms with van der Waals surface area (Å²) in [7, 11) is 0. The van der Waals surface area contributed by atoms with Crippen LogP contribution in [0, 0.1) is 6.92 Å². The monoisotopic (exact) mass is 339 g/mol. The third-order valence-electron chi connectivity index (χ3n) is 4.15. The van der Waals surface area contributed by atoms with E-state index in [1.165, 1.54) is 0 Å². The molecule has 0 saturated heterocycles. The number of likely N-dealkylation sites (N-methyl/N-ethyl adjacent to an activating group) is 1. The van der Waals surface area contributed by atoms with Crippen LogP contribution < -0.4 is 10.6 Å². The molecule has 1 aromatic carbocycles. The van der Waals surface area contributed by atoms with E-state index in [1.54, 1.807) is 18.2 Å². The summed E-state index contributed by atoms with van der Waals surface area (Å²) in [5, 5.41) is 15.2. The molecule has 0 atom stereocenters. The highest BCUT2D eigenvalue weighted by atomic mass is 35.5. The fourth-order valence-electron chi connectivity index (χ4n) is 2.79. The number of aliphatic carboxylic acids is 1. The van der Waals surface area contributed by atoms with Crippen molar-refractivity contribution in [2.75, 3.05) is 18.4 Å². The number of anilines is 1. The zero-order chi connectivity index (χ0) is 17.0. The van der Waals surface area contributed by atoms with Crippen LogP contribution in [0.25, 0.3) is 0 Å². The number of hydrogen-bond acceptors (Lipinski definition) is 3. The van der Waals surface area contributed by atoms with Gasteiger partial charge in [-0.05, 0) is 50.1 Å². The van der Waals surface area contributed by atoms with Gasteiger partial charge in [-0.1, -0.05) is 18.5 Å². The van der Waals surface area contributed by atoms with Crippen molar-refractivity contribution in [3.8, 4) is 0 Å². The largest absolute Gasteiger partial charge is 0.480 e. The van der Waals surface area contributed by atoms with Crippen molar-refractivity contribution < 1.29 is 14.7 Å². The molecule has 0 bridgehead atoms. The summed E-state index contributed by atoms with van der Waals surface area (Å²) in [6.45, 7) is 4.56. The summed E-state index contributed by atoms with van der Waals surface area (Å²) in [4.78, 5) is 24.7. The fourth-order valence-corrected chi connectivity index (χ4v) is 3.01. The minimum atomic E-state index is -0.820. The van der Waals surface area contributed by atoms with Crippen LogP contribution in [0.3, 0.4) is 0 Å². The third-order valence-corrected chi connectivity index (χ3v) is 4.38. The number of rotatable bonds is 6. The van der Waals surface area contributed by atoms with E-state index in [2.05, 4.69) is 10.6 Å². The highest BCUT2D eigenvalue weighted by Gasteiger charge is 2.34. The van der Waals surface area contributed by atoms with E-state index >= 15 is 0 Å². The van der Waals surface area contributed by atoms with Crippen LogP contribution in [0.4, 0.5) is 10.5 Å². The number of benzene rings is 1. The molecule has 126 valence electrons. The molecule has 0 aromatic heterocycles. The number of halogens is 1. The molecule has 0 spiro atoms. The van der Waals surface area contributed by atoms with Crippen molar-refractivity contribution in [3.63, 3.8) is 0 Å². The van der Waals surface area contributed by atoms with Crippen LogP contribution in [0.2, 0.25) is 5.02 Å². The van der Waals surface area contributed by atoms with Gasteiger partial charge in [0.15, 0.2) is 0 Å². The number of amides is 2. The summed E-state index contributed by atoms with van der Waals surface area (Å²) in [6, 6.07) is 5.34. The predicted molar refractivity (Wildman–Crippen MR) is 90.0 cm³/mol. The maximum atomic E-state index is 12.0. The summed E-state index contributed by atoms with van der Waals surface area (Å²) in [6.07, 6.45) is 1.54. The van der Waals surface area contributed by atoms with Crippen LogP contribution in [0.15, 0.2) is 18.2 Å². The molecule has 1 aliphatic carbocycles. The molecular weight excluding hydrogens is 318 g/mol. The van der Waals surface area contributed by atoms with Gasteiger partial charge in [-0.25, -0.2) is 4.79 Å². The Morgan fingerprint density at radius 3 is 2.65 bits per heavy atom. The Bertz CT molecular complexity index is 588. The number of carboxylic acid groups (broad SMARTS) is 1. The van der Waals surface area contributed by atoms with E-state index in [1.807, 2.05) is 18.7 Å². The molecule has 0 unspecified atom stereocenters. The first-order valence-electron chi connectivity index (χ1n) is 7.68. The average Bonchev–Trinajstić information content (AvgIpc) is 2.43. The lowest BCUT2D eigenvalue weighted by molar-refractivity contribution is -0.139. The molecule has 2 rings (SSSR count). The number of hydrogen-bond donors (Lipinski definition) is 3. The van der Waals surface area contributed by atoms with Gasteiger partial charge in [-0.3, -0.25) is 9.69 Å². The maximum Gasteiger partial charge on any atom is 0.319 e. The van der Waals surface area contributed by atoms with E-state index in [0.29, 0.717) is 11.6 Å². The van der Waals surface area contributed by atoms with Gasteiger partial charge in [-0.2, -0.15) is 0 Å². The van der Waals surface area contributed by atoms with Crippen molar-refractivity contribution in [2.45, 2.75) is 38.8 Å². The maximum absolute atomic E-state index is 12.0.